The number of hydrogen-bond acceptors (Lipinski definition) is 4. The van der Waals surface area contributed by atoms with Gasteiger partial charge in [-0.2, -0.15) is 0 Å². The minimum absolute atomic E-state index is 0.148. The smallest absolute Gasteiger partial charge is 0.222 e. The summed E-state index contributed by atoms with van der Waals surface area (Å²) in [5.74, 6) is 0.632. The molecule has 1 aliphatic heterocycles. The third kappa shape index (κ3) is 1.65. The van der Waals surface area contributed by atoms with Crippen LogP contribution in [0.4, 0.5) is 0 Å². The molecule has 0 unspecified atom stereocenters. The second-order valence-electron chi connectivity index (χ2n) is 2.47. The normalized spacial score (nSPS) is 17.1. The second-order valence-corrected chi connectivity index (χ2v) is 2.80. The third-order valence-electron chi connectivity index (χ3n) is 1.51. The van der Waals surface area contributed by atoms with E-state index in [1.807, 2.05) is 0 Å². The van der Waals surface area contributed by atoms with Crippen molar-refractivity contribution < 1.29 is 9.47 Å². The molecular weight excluding hydrogens is 180 g/mol. The first-order valence-corrected chi connectivity index (χ1v) is 3.94. The molecule has 4 nitrogen and oxygen atoms in total. The summed E-state index contributed by atoms with van der Waals surface area (Å²) in [7, 11) is 0. The molecule has 0 atom stereocenters. The molecule has 64 valence electrons. The summed E-state index contributed by atoms with van der Waals surface area (Å²) in [6.07, 6.45) is 3.25. The van der Waals surface area contributed by atoms with Crippen molar-refractivity contribution in [3.8, 4) is 5.75 Å². The predicted octanol–water partition coefficient (Wildman–Crippen LogP) is 0.908. The van der Waals surface area contributed by atoms with Crippen molar-refractivity contribution in [3.63, 3.8) is 0 Å². The molecule has 0 radical (unpaired) electrons. The van der Waals surface area contributed by atoms with Gasteiger partial charge in [0, 0.05) is 0 Å². The van der Waals surface area contributed by atoms with Crippen molar-refractivity contribution in [2.75, 3.05) is 13.2 Å². The maximum Gasteiger partial charge on any atom is 0.222 e. The van der Waals surface area contributed by atoms with Crippen LogP contribution in [0.15, 0.2) is 12.4 Å². The number of nitrogens with zero attached hydrogens (tertiary/aromatic N) is 2. The van der Waals surface area contributed by atoms with Crippen LogP contribution < -0.4 is 4.74 Å². The Balaban J connectivity index is 1.98. The van der Waals surface area contributed by atoms with Gasteiger partial charge in [-0.1, -0.05) is 0 Å². The number of hydrogen-bond donors (Lipinski definition) is 0. The average Bonchev–Trinajstić information content (AvgIpc) is 2.00. The van der Waals surface area contributed by atoms with E-state index in [9.17, 15) is 0 Å². The fraction of sp³-hybridized carbons (Fsp3) is 0.429. The molecule has 2 heterocycles. The Morgan fingerprint density at radius 1 is 1.42 bits per heavy atom. The maximum absolute atomic E-state index is 5.49. The molecule has 0 spiro atoms. The van der Waals surface area contributed by atoms with E-state index in [0.29, 0.717) is 19.0 Å². The van der Waals surface area contributed by atoms with Gasteiger partial charge in [-0.15, -0.1) is 0 Å². The topological polar surface area (TPSA) is 44.2 Å². The van der Waals surface area contributed by atoms with E-state index in [0.717, 1.165) is 0 Å². The van der Waals surface area contributed by atoms with Gasteiger partial charge in [0.1, 0.15) is 6.10 Å². The first kappa shape index (κ1) is 7.76. The molecule has 0 bridgehead atoms. The lowest BCUT2D eigenvalue weighted by molar-refractivity contribution is -0.0799. The number of rotatable bonds is 2. The molecule has 1 aromatic heterocycles. The molecule has 0 aliphatic carbocycles. The van der Waals surface area contributed by atoms with E-state index in [4.69, 9.17) is 21.1 Å². The van der Waals surface area contributed by atoms with Gasteiger partial charge >= 0.3 is 0 Å². The lowest BCUT2D eigenvalue weighted by Gasteiger charge is -2.26. The van der Waals surface area contributed by atoms with Gasteiger partial charge in [0.05, 0.1) is 25.6 Å². The molecule has 1 saturated heterocycles. The predicted molar refractivity (Wildman–Crippen MR) is 42.3 cm³/mol. The van der Waals surface area contributed by atoms with Crippen LogP contribution in [0.2, 0.25) is 5.28 Å². The van der Waals surface area contributed by atoms with E-state index in [-0.39, 0.29) is 11.4 Å². The van der Waals surface area contributed by atoms with Crippen LogP contribution in [-0.2, 0) is 4.74 Å². The van der Waals surface area contributed by atoms with Gasteiger partial charge in [-0.05, 0) is 11.6 Å². The first-order chi connectivity index (χ1) is 5.84. The highest BCUT2D eigenvalue weighted by Crippen LogP contribution is 2.14. The summed E-state index contributed by atoms with van der Waals surface area (Å²) in [6, 6.07) is 0. The van der Waals surface area contributed by atoms with E-state index < -0.39 is 0 Å². The van der Waals surface area contributed by atoms with Crippen LogP contribution >= 0.6 is 11.6 Å². The van der Waals surface area contributed by atoms with Crippen molar-refractivity contribution in [1.82, 2.24) is 9.97 Å². The molecule has 0 amide bonds. The van der Waals surface area contributed by atoms with Crippen LogP contribution in [-0.4, -0.2) is 29.3 Å². The minimum atomic E-state index is 0.148. The van der Waals surface area contributed by atoms with Crippen molar-refractivity contribution in [2.24, 2.45) is 0 Å². The average molecular weight is 187 g/mol. The summed E-state index contributed by atoms with van der Waals surface area (Å²) in [5.41, 5.74) is 0. The quantitative estimate of drug-likeness (QED) is 0.644. The second kappa shape index (κ2) is 3.25. The van der Waals surface area contributed by atoms with E-state index in [1.165, 1.54) is 0 Å². The summed E-state index contributed by atoms with van der Waals surface area (Å²) in [6.45, 7) is 1.28. The Bertz CT molecular complexity index is 261. The number of aromatic nitrogens is 2. The zero-order chi connectivity index (χ0) is 8.39. The molecule has 1 fully saturated rings. The fourth-order valence-corrected chi connectivity index (χ4v) is 0.933. The van der Waals surface area contributed by atoms with E-state index in [2.05, 4.69) is 9.97 Å². The van der Waals surface area contributed by atoms with Gasteiger partial charge in [0.25, 0.3) is 0 Å². The summed E-state index contributed by atoms with van der Waals surface area (Å²) < 4.78 is 10.3. The highest BCUT2D eigenvalue weighted by Gasteiger charge is 2.20. The SMILES string of the molecule is Clc1ncc(OC2COC2)cn1. The molecule has 5 heteroatoms. The Morgan fingerprint density at radius 3 is 2.58 bits per heavy atom. The van der Waals surface area contributed by atoms with Crippen molar-refractivity contribution in [1.29, 1.82) is 0 Å². The summed E-state index contributed by atoms with van der Waals surface area (Å²) in [5, 5.41) is 0.229. The van der Waals surface area contributed by atoms with Crippen LogP contribution in [0.25, 0.3) is 0 Å². The lowest BCUT2D eigenvalue weighted by Crippen LogP contribution is -2.38. The Morgan fingerprint density at radius 2 is 2.08 bits per heavy atom. The highest BCUT2D eigenvalue weighted by atomic mass is 35.5. The number of halogens is 1. The zero-order valence-corrected chi connectivity index (χ0v) is 6.99. The zero-order valence-electron chi connectivity index (χ0n) is 6.24. The maximum atomic E-state index is 5.49. The van der Waals surface area contributed by atoms with Crippen molar-refractivity contribution in [2.45, 2.75) is 6.10 Å². The molecule has 1 aliphatic rings. The highest BCUT2D eigenvalue weighted by molar-refractivity contribution is 6.28. The number of ether oxygens (including phenoxy) is 2. The molecule has 2 rings (SSSR count). The van der Waals surface area contributed by atoms with Gasteiger partial charge in [0.15, 0.2) is 5.75 Å². The van der Waals surface area contributed by atoms with Crippen LogP contribution in [0.3, 0.4) is 0 Å². The summed E-state index contributed by atoms with van der Waals surface area (Å²) >= 11 is 5.49. The van der Waals surface area contributed by atoms with Crippen molar-refractivity contribution >= 4 is 11.6 Å². The molecule has 0 aromatic carbocycles. The van der Waals surface area contributed by atoms with Gasteiger partial charge < -0.3 is 9.47 Å². The first-order valence-electron chi connectivity index (χ1n) is 3.56. The van der Waals surface area contributed by atoms with Gasteiger partial charge in [-0.25, -0.2) is 9.97 Å². The molecule has 0 N–H and O–H groups in total. The van der Waals surface area contributed by atoms with Crippen LogP contribution in [0.1, 0.15) is 0 Å². The fourth-order valence-electron chi connectivity index (χ4n) is 0.836. The Labute approximate surface area is 74.5 Å². The van der Waals surface area contributed by atoms with E-state index >= 15 is 0 Å². The molecule has 1 aromatic rings. The van der Waals surface area contributed by atoms with Crippen LogP contribution in [0, 0.1) is 0 Å². The largest absolute Gasteiger partial charge is 0.482 e. The standard InChI is InChI=1S/C7H7ClN2O2/c8-7-9-1-5(2-10-7)12-6-3-11-4-6/h1-2,6H,3-4H2. The Hall–Kier alpha value is -0.870. The third-order valence-corrected chi connectivity index (χ3v) is 1.70. The molecular formula is C7H7ClN2O2. The minimum Gasteiger partial charge on any atom is -0.482 e. The molecule has 12 heavy (non-hydrogen) atoms. The monoisotopic (exact) mass is 186 g/mol. The lowest BCUT2D eigenvalue weighted by atomic mass is 10.3. The molecule has 0 saturated carbocycles. The Kier molecular flexibility index (Phi) is 2.10. The summed E-state index contributed by atoms with van der Waals surface area (Å²) in [4.78, 5) is 7.56. The van der Waals surface area contributed by atoms with Crippen LogP contribution in [0.5, 0.6) is 5.75 Å². The van der Waals surface area contributed by atoms with Gasteiger partial charge in [0.2, 0.25) is 5.28 Å². The van der Waals surface area contributed by atoms with Crippen molar-refractivity contribution in [3.05, 3.63) is 17.7 Å². The van der Waals surface area contributed by atoms with E-state index in [1.54, 1.807) is 12.4 Å². The van der Waals surface area contributed by atoms with Gasteiger partial charge in [-0.3, -0.25) is 0 Å².